The lowest BCUT2D eigenvalue weighted by Crippen LogP contribution is -2.43. The Morgan fingerprint density at radius 1 is 1.10 bits per heavy atom. The van der Waals surface area contributed by atoms with E-state index in [1.165, 1.54) is 20.8 Å². The van der Waals surface area contributed by atoms with E-state index in [1.54, 1.807) is 18.3 Å². The van der Waals surface area contributed by atoms with Crippen molar-refractivity contribution in [2.24, 2.45) is 17.3 Å². The standard InChI is InChI=1S/C28H27ClFN5O3S/c1-27(2)20-21(27)25(37)34(24(20)36)12-15-11-19-23(39-15)16(3-6-32-19)17-9-14(29)10-18-22(17)35(26(38)33-18)13-28(30)4-7-31-8-5-28/h3,6,9-11,20-21,31H,4-5,7-8,12-13H2,1-2H3,(H,33,38). The summed E-state index contributed by atoms with van der Waals surface area (Å²) >= 11 is 7.95. The summed E-state index contributed by atoms with van der Waals surface area (Å²) in [4.78, 5) is 48.5. The number of nitrogens with zero attached hydrogens (tertiary/aromatic N) is 3. The third kappa shape index (κ3) is 3.79. The van der Waals surface area contributed by atoms with Gasteiger partial charge in [0.25, 0.3) is 0 Å². The van der Waals surface area contributed by atoms with Crippen LogP contribution in [-0.4, -0.2) is 50.0 Å². The number of thiophene rings is 1. The molecule has 3 fully saturated rings. The Morgan fingerprint density at radius 3 is 2.54 bits per heavy atom. The lowest BCUT2D eigenvalue weighted by molar-refractivity contribution is -0.143. The van der Waals surface area contributed by atoms with Crippen LogP contribution in [0.15, 0.2) is 35.3 Å². The fraction of sp³-hybridized carbons (Fsp3) is 0.429. The van der Waals surface area contributed by atoms with Gasteiger partial charge in [0, 0.05) is 27.2 Å². The van der Waals surface area contributed by atoms with Crippen molar-refractivity contribution in [3.63, 3.8) is 0 Å². The van der Waals surface area contributed by atoms with Crippen molar-refractivity contribution in [3.8, 4) is 11.1 Å². The number of nitrogens with one attached hydrogen (secondary N) is 2. The highest BCUT2D eigenvalue weighted by molar-refractivity contribution is 7.19. The maximum absolute atomic E-state index is 15.7. The van der Waals surface area contributed by atoms with Gasteiger partial charge in [-0.25, -0.2) is 9.18 Å². The third-order valence-electron chi connectivity index (χ3n) is 8.73. The highest BCUT2D eigenvalue weighted by Gasteiger charge is 2.72. The molecule has 0 radical (unpaired) electrons. The number of carbonyl (C=O) groups excluding carboxylic acids is 2. The van der Waals surface area contributed by atoms with Crippen LogP contribution in [0.4, 0.5) is 4.39 Å². The Morgan fingerprint density at radius 2 is 1.82 bits per heavy atom. The number of carbonyl (C=O) groups is 2. The van der Waals surface area contributed by atoms with Crippen molar-refractivity contribution in [1.82, 2.24) is 24.8 Å². The van der Waals surface area contributed by atoms with E-state index in [9.17, 15) is 14.4 Å². The van der Waals surface area contributed by atoms with Crippen molar-refractivity contribution in [2.45, 2.75) is 45.4 Å². The zero-order valence-corrected chi connectivity index (χ0v) is 23.1. The van der Waals surface area contributed by atoms with Gasteiger partial charge >= 0.3 is 5.69 Å². The third-order valence-corrected chi connectivity index (χ3v) is 10.1. The number of rotatable bonds is 5. The van der Waals surface area contributed by atoms with Crippen LogP contribution in [0.5, 0.6) is 0 Å². The van der Waals surface area contributed by atoms with Gasteiger partial charge in [0.1, 0.15) is 5.67 Å². The Labute approximate surface area is 232 Å². The summed E-state index contributed by atoms with van der Waals surface area (Å²) in [5.74, 6) is -0.660. The number of aromatic amines is 1. The number of pyridine rings is 1. The zero-order valence-electron chi connectivity index (χ0n) is 21.5. The Hall–Kier alpha value is -3.08. The van der Waals surface area contributed by atoms with Gasteiger partial charge in [-0.05, 0) is 55.6 Å². The summed E-state index contributed by atoms with van der Waals surface area (Å²) in [7, 11) is 0. The minimum Gasteiger partial charge on any atom is -0.316 e. The van der Waals surface area contributed by atoms with Gasteiger partial charge in [-0.3, -0.25) is 24.0 Å². The number of imide groups is 1. The molecule has 2 unspecified atom stereocenters. The van der Waals surface area contributed by atoms with Gasteiger partial charge in [-0.15, -0.1) is 11.3 Å². The van der Waals surface area contributed by atoms with Crippen LogP contribution in [0.2, 0.25) is 5.02 Å². The molecule has 3 aromatic heterocycles. The number of fused-ring (bicyclic) bond motifs is 3. The molecule has 0 bridgehead atoms. The molecule has 39 heavy (non-hydrogen) atoms. The molecule has 1 saturated carbocycles. The number of likely N-dealkylation sites (tertiary alicyclic amines) is 1. The maximum atomic E-state index is 15.7. The van der Waals surface area contributed by atoms with Crippen LogP contribution < -0.4 is 11.0 Å². The number of amides is 2. The molecular weight excluding hydrogens is 541 g/mol. The molecule has 7 rings (SSSR count). The smallest absolute Gasteiger partial charge is 0.316 e. The Balaban J connectivity index is 1.30. The lowest BCUT2D eigenvalue weighted by Gasteiger charge is -2.30. The molecule has 11 heteroatoms. The van der Waals surface area contributed by atoms with Gasteiger partial charge < -0.3 is 10.3 Å². The summed E-state index contributed by atoms with van der Waals surface area (Å²) in [5.41, 5.74) is 1.23. The van der Waals surface area contributed by atoms with E-state index in [-0.39, 0.29) is 47.8 Å². The van der Waals surface area contributed by atoms with E-state index in [0.29, 0.717) is 47.6 Å². The summed E-state index contributed by atoms with van der Waals surface area (Å²) in [6.07, 6.45) is 2.34. The quantitative estimate of drug-likeness (QED) is 0.346. The second kappa shape index (κ2) is 8.46. The first-order chi connectivity index (χ1) is 18.6. The zero-order chi connectivity index (χ0) is 27.3. The topological polar surface area (TPSA) is 100 Å². The van der Waals surface area contributed by atoms with Crippen LogP contribution >= 0.6 is 22.9 Å². The molecule has 3 aliphatic rings. The SMILES string of the molecule is CC1(C)C2C(=O)N(Cc3cc4nccc(-c5cc(Cl)cc6[nH]c(=O)n(CC7(F)CCNCC7)c56)c4s3)C(=O)C21. The van der Waals surface area contributed by atoms with E-state index in [2.05, 4.69) is 15.3 Å². The molecule has 2 atom stereocenters. The average Bonchev–Trinajstić information content (AvgIpc) is 3.16. The molecule has 2 saturated heterocycles. The van der Waals surface area contributed by atoms with Crippen LogP contribution in [0.25, 0.3) is 32.4 Å². The van der Waals surface area contributed by atoms with Gasteiger partial charge in [-0.2, -0.15) is 0 Å². The van der Waals surface area contributed by atoms with Gasteiger partial charge in [0.2, 0.25) is 11.8 Å². The number of H-pyrrole nitrogens is 1. The molecule has 4 aromatic rings. The average molecular weight is 568 g/mol. The largest absolute Gasteiger partial charge is 0.326 e. The molecule has 2 amide bonds. The first-order valence-electron chi connectivity index (χ1n) is 13.1. The molecule has 0 spiro atoms. The van der Waals surface area contributed by atoms with E-state index in [4.69, 9.17) is 11.6 Å². The molecule has 2 aliphatic heterocycles. The summed E-state index contributed by atoms with van der Waals surface area (Å²) < 4.78 is 18.1. The first-order valence-corrected chi connectivity index (χ1v) is 14.3. The number of piperidine rings is 2. The normalized spacial score (nSPS) is 23.6. The minimum atomic E-state index is -1.49. The Bertz CT molecular complexity index is 1730. The van der Waals surface area contributed by atoms with Crippen molar-refractivity contribution < 1.29 is 14.0 Å². The van der Waals surface area contributed by atoms with Crippen molar-refractivity contribution >= 4 is 56.0 Å². The summed E-state index contributed by atoms with van der Waals surface area (Å²) in [5, 5.41) is 3.62. The van der Waals surface area contributed by atoms with Gasteiger partial charge in [0.15, 0.2) is 0 Å². The lowest BCUT2D eigenvalue weighted by atomic mass is 9.94. The van der Waals surface area contributed by atoms with Gasteiger partial charge in [-0.1, -0.05) is 25.4 Å². The fourth-order valence-corrected chi connectivity index (χ4v) is 7.88. The number of hydrogen-bond donors (Lipinski definition) is 2. The molecule has 5 heterocycles. The van der Waals surface area contributed by atoms with Crippen LogP contribution in [-0.2, 0) is 22.7 Å². The highest BCUT2D eigenvalue weighted by atomic mass is 35.5. The van der Waals surface area contributed by atoms with Crippen molar-refractivity contribution in [3.05, 3.63) is 50.8 Å². The van der Waals surface area contributed by atoms with Crippen molar-refractivity contribution in [1.29, 1.82) is 0 Å². The second-order valence-electron chi connectivity index (χ2n) is 11.6. The monoisotopic (exact) mass is 567 g/mol. The predicted octanol–water partition coefficient (Wildman–Crippen LogP) is 4.49. The van der Waals surface area contributed by atoms with E-state index in [0.717, 1.165) is 20.7 Å². The predicted molar refractivity (Wildman–Crippen MR) is 148 cm³/mol. The molecule has 1 aromatic carbocycles. The van der Waals surface area contributed by atoms with E-state index >= 15 is 4.39 Å². The number of alkyl halides is 1. The summed E-state index contributed by atoms with van der Waals surface area (Å²) in [6.45, 7) is 5.22. The molecule has 1 aliphatic carbocycles. The summed E-state index contributed by atoms with van der Waals surface area (Å²) in [6, 6.07) is 7.23. The number of aromatic nitrogens is 3. The number of hydrogen-bond acceptors (Lipinski definition) is 6. The minimum absolute atomic E-state index is 0.0517. The number of halogens is 2. The second-order valence-corrected chi connectivity index (χ2v) is 13.2. The number of benzene rings is 1. The van der Waals surface area contributed by atoms with Crippen LogP contribution in [0.1, 0.15) is 31.6 Å². The fourth-order valence-electron chi connectivity index (χ4n) is 6.54. The molecule has 202 valence electrons. The van der Waals surface area contributed by atoms with E-state index in [1.807, 2.05) is 26.0 Å². The van der Waals surface area contributed by atoms with Crippen LogP contribution in [0.3, 0.4) is 0 Å². The molecule has 8 nitrogen and oxygen atoms in total. The maximum Gasteiger partial charge on any atom is 0.326 e. The van der Waals surface area contributed by atoms with Crippen LogP contribution in [0, 0.1) is 17.3 Å². The van der Waals surface area contributed by atoms with Crippen molar-refractivity contribution in [2.75, 3.05) is 13.1 Å². The Kier molecular flexibility index (Phi) is 5.41. The molecular formula is C28H27ClFN5O3S. The van der Waals surface area contributed by atoms with E-state index < -0.39 is 5.67 Å². The highest BCUT2D eigenvalue weighted by Crippen LogP contribution is 2.63. The van der Waals surface area contributed by atoms with Gasteiger partial charge in [0.05, 0.1) is 46.2 Å². The number of imidazole rings is 1. The molecule has 2 N–H and O–H groups in total. The first kappa shape index (κ1) is 24.9.